The molecule has 94 valence electrons. The molecule has 0 aliphatic rings. The predicted octanol–water partition coefficient (Wildman–Crippen LogP) is 2.69. The Bertz CT molecular complexity index is 702. The Hall–Kier alpha value is -2.27. The quantitative estimate of drug-likeness (QED) is 0.793. The Morgan fingerprint density at radius 1 is 1.05 bits per heavy atom. The van der Waals surface area contributed by atoms with Crippen LogP contribution in [-0.4, -0.2) is 20.2 Å². The molecule has 0 fully saturated rings. The SMILES string of the molecule is Clc1nnc(NCc2ccncn2)c2ccccc12. The van der Waals surface area contributed by atoms with Gasteiger partial charge in [-0.2, -0.15) is 0 Å². The van der Waals surface area contributed by atoms with Gasteiger partial charge in [-0.05, 0) is 6.07 Å². The number of hydrogen-bond acceptors (Lipinski definition) is 5. The average molecular weight is 272 g/mol. The van der Waals surface area contributed by atoms with Crippen LogP contribution in [0.4, 0.5) is 5.82 Å². The van der Waals surface area contributed by atoms with Gasteiger partial charge < -0.3 is 5.32 Å². The van der Waals surface area contributed by atoms with E-state index < -0.39 is 0 Å². The highest BCUT2D eigenvalue weighted by molar-refractivity contribution is 6.34. The van der Waals surface area contributed by atoms with Crippen molar-refractivity contribution in [3.8, 4) is 0 Å². The number of aromatic nitrogens is 4. The summed E-state index contributed by atoms with van der Waals surface area (Å²) in [4.78, 5) is 8.02. The predicted molar refractivity (Wildman–Crippen MR) is 73.9 cm³/mol. The topological polar surface area (TPSA) is 63.6 Å². The molecule has 0 unspecified atom stereocenters. The van der Waals surface area contributed by atoms with Crippen LogP contribution in [0, 0.1) is 0 Å². The molecule has 19 heavy (non-hydrogen) atoms. The third-order valence-corrected chi connectivity index (χ3v) is 3.00. The average Bonchev–Trinajstić information content (AvgIpc) is 2.48. The van der Waals surface area contributed by atoms with Crippen molar-refractivity contribution < 1.29 is 0 Å². The second-order valence-electron chi connectivity index (χ2n) is 3.94. The summed E-state index contributed by atoms with van der Waals surface area (Å²) in [6, 6.07) is 9.58. The van der Waals surface area contributed by atoms with Crippen LogP contribution in [0.2, 0.25) is 5.15 Å². The number of benzene rings is 1. The normalized spacial score (nSPS) is 10.6. The van der Waals surface area contributed by atoms with Gasteiger partial charge >= 0.3 is 0 Å². The third kappa shape index (κ3) is 2.46. The fourth-order valence-electron chi connectivity index (χ4n) is 1.80. The first-order chi connectivity index (χ1) is 9.34. The Morgan fingerprint density at radius 2 is 1.89 bits per heavy atom. The number of anilines is 1. The Morgan fingerprint density at radius 3 is 2.68 bits per heavy atom. The molecule has 0 saturated heterocycles. The Balaban J connectivity index is 1.91. The maximum atomic E-state index is 6.02. The van der Waals surface area contributed by atoms with E-state index in [-0.39, 0.29) is 0 Å². The highest BCUT2D eigenvalue weighted by Gasteiger charge is 2.06. The van der Waals surface area contributed by atoms with Crippen molar-refractivity contribution in [3.63, 3.8) is 0 Å². The minimum absolute atomic E-state index is 0.406. The van der Waals surface area contributed by atoms with Gasteiger partial charge in [-0.25, -0.2) is 9.97 Å². The number of rotatable bonds is 3. The zero-order valence-electron chi connectivity index (χ0n) is 9.92. The molecule has 3 rings (SSSR count). The fourth-order valence-corrected chi connectivity index (χ4v) is 2.00. The molecule has 2 heterocycles. The van der Waals surface area contributed by atoms with Gasteiger partial charge in [0.2, 0.25) is 0 Å². The van der Waals surface area contributed by atoms with E-state index in [0.717, 1.165) is 16.5 Å². The number of nitrogens with zero attached hydrogens (tertiary/aromatic N) is 4. The number of halogens is 1. The van der Waals surface area contributed by atoms with Crippen molar-refractivity contribution in [1.82, 2.24) is 20.2 Å². The molecular formula is C13H10ClN5. The lowest BCUT2D eigenvalue weighted by atomic mass is 10.2. The summed E-state index contributed by atoms with van der Waals surface area (Å²) in [6.07, 6.45) is 3.22. The van der Waals surface area contributed by atoms with Crippen molar-refractivity contribution in [1.29, 1.82) is 0 Å². The first-order valence-electron chi connectivity index (χ1n) is 5.74. The molecule has 0 amide bonds. The summed E-state index contributed by atoms with van der Waals surface area (Å²) < 4.78 is 0. The van der Waals surface area contributed by atoms with Gasteiger partial charge in [0.15, 0.2) is 11.0 Å². The highest BCUT2D eigenvalue weighted by atomic mass is 35.5. The van der Waals surface area contributed by atoms with Gasteiger partial charge in [0.1, 0.15) is 6.33 Å². The lowest BCUT2D eigenvalue weighted by Crippen LogP contribution is -2.04. The summed E-state index contributed by atoms with van der Waals surface area (Å²) in [7, 11) is 0. The van der Waals surface area contributed by atoms with Crippen molar-refractivity contribution in [3.05, 3.63) is 53.7 Å². The zero-order chi connectivity index (χ0) is 13.1. The van der Waals surface area contributed by atoms with Crippen LogP contribution in [-0.2, 0) is 6.54 Å². The Kier molecular flexibility index (Phi) is 3.20. The molecule has 6 heteroatoms. The molecular weight excluding hydrogens is 262 g/mol. The molecule has 1 N–H and O–H groups in total. The van der Waals surface area contributed by atoms with Crippen molar-refractivity contribution in [2.24, 2.45) is 0 Å². The van der Waals surface area contributed by atoms with Gasteiger partial charge in [0.25, 0.3) is 0 Å². The van der Waals surface area contributed by atoms with E-state index in [1.165, 1.54) is 6.33 Å². The second kappa shape index (κ2) is 5.16. The fraction of sp³-hybridized carbons (Fsp3) is 0.0769. The molecule has 1 aromatic carbocycles. The van der Waals surface area contributed by atoms with Crippen molar-refractivity contribution >= 4 is 28.2 Å². The number of hydrogen-bond donors (Lipinski definition) is 1. The van der Waals surface area contributed by atoms with Crippen LogP contribution in [0.25, 0.3) is 10.8 Å². The summed E-state index contributed by atoms with van der Waals surface area (Å²) in [6.45, 7) is 0.558. The molecule has 0 saturated carbocycles. The van der Waals surface area contributed by atoms with Crippen LogP contribution in [0.1, 0.15) is 5.69 Å². The maximum absolute atomic E-state index is 6.02. The summed E-state index contributed by atoms with van der Waals surface area (Å²) >= 11 is 6.02. The van der Waals surface area contributed by atoms with E-state index in [4.69, 9.17) is 11.6 Å². The van der Waals surface area contributed by atoms with Gasteiger partial charge in [-0.3, -0.25) is 0 Å². The molecule has 0 aliphatic heterocycles. The second-order valence-corrected chi connectivity index (χ2v) is 4.30. The first kappa shape index (κ1) is 11.8. The van der Waals surface area contributed by atoms with Gasteiger partial charge in [0.05, 0.1) is 12.2 Å². The van der Waals surface area contributed by atoms with Crippen LogP contribution in [0.3, 0.4) is 0 Å². The van der Waals surface area contributed by atoms with E-state index in [2.05, 4.69) is 25.5 Å². The maximum Gasteiger partial charge on any atom is 0.159 e. The third-order valence-electron chi connectivity index (χ3n) is 2.72. The van der Waals surface area contributed by atoms with Gasteiger partial charge in [-0.15, -0.1) is 10.2 Å². The van der Waals surface area contributed by atoms with Gasteiger partial charge in [0, 0.05) is 17.0 Å². The molecule has 3 aromatic rings. The van der Waals surface area contributed by atoms with Crippen LogP contribution in [0.15, 0.2) is 42.9 Å². The number of nitrogens with one attached hydrogen (secondary N) is 1. The zero-order valence-corrected chi connectivity index (χ0v) is 10.7. The standard InChI is InChI=1S/C13H10ClN5/c14-12-10-3-1-2-4-11(10)13(19-18-12)16-7-9-5-6-15-8-17-9/h1-6,8H,7H2,(H,16,19). The summed E-state index contributed by atoms with van der Waals surface area (Å²) in [5.41, 5.74) is 0.885. The minimum Gasteiger partial charge on any atom is -0.362 e. The van der Waals surface area contributed by atoms with Crippen LogP contribution in [0.5, 0.6) is 0 Å². The molecule has 0 bridgehead atoms. The minimum atomic E-state index is 0.406. The molecule has 2 aromatic heterocycles. The van der Waals surface area contributed by atoms with E-state index in [9.17, 15) is 0 Å². The molecule has 0 atom stereocenters. The van der Waals surface area contributed by atoms with Crippen LogP contribution < -0.4 is 5.32 Å². The lowest BCUT2D eigenvalue weighted by Gasteiger charge is -2.08. The Labute approximate surface area is 114 Å². The molecule has 0 aliphatic carbocycles. The summed E-state index contributed by atoms with van der Waals surface area (Å²) in [5.74, 6) is 0.693. The van der Waals surface area contributed by atoms with E-state index >= 15 is 0 Å². The first-order valence-corrected chi connectivity index (χ1v) is 6.12. The van der Waals surface area contributed by atoms with E-state index in [0.29, 0.717) is 17.5 Å². The number of fused-ring (bicyclic) bond motifs is 1. The molecule has 5 nitrogen and oxygen atoms in total. The van der Waals surface area contributed by atoms with Crippen molar-refractivity contribution in [2.45, 2.75) is 6.54 Å². The van der Waals surface area contributed by atoms with Gasteiger partial charge in [-0.1, -0.05) is 35.9 Å². The smallest absolute Gasteiger partial charge is 0.159 e. The van der Waals surface area contributed by atoms with E-state index in [1.54, 1.807) is 6.20 Å². The monoisotopic (exact) mass is 271 g/mol. The van der Waals surface area contributed by atoms with Crippen LogP contribution >= 0.6 is 11.6 Å². The van der Waals surface area contributed by atoms with E-state index in [1.807, 2.05) is 30.3 Å². The summed E-state index contributed by atoms with van der Waals surface area (Å²) in [5, 5.41) is 13.5. The van der Waals surface area contributed by atoms with Crippen molar-refractivity contribution in [2.75, 3.05) is 5.32 Å². The largest absolute Gasteiger partial charge is 0.362 e. The lowest BCUT2D eigenvalue weighted by molar-refractivity contribution is 0.973. The molecule has 0 spiro atoms. The molecule has 0 radical (unpaired) electrons. The highest BCUT2D eigenvalue weighted by Crippen LogP contribution is 2.25.